The first kappa shape index (κ1) is 17.8. The molecule has 1 unspecified atom stereocenters. The fourth-order valence-electron chi connectivity index (χ4n) is 3.56. The van der Waals surface area contributed by atoms with Crippen LogP contribution in [0.2, 0.25) is 0 Å². The molecule has 0 aliphatic carbocycles. The van der Waals surface area contributed by atoms with E-state index in [2.05, 4.69) is 0 Å². The van der Waals surface area contributed by atoms with Crippen LogP contribution in [0.25, 0.3) is 0 Å². The van der Waals surface area contributed by atoms with Crippen LogP contribution in [-0.4, -0.2) is 58.4 Å². The van der Waals surface area contributed by atoms with Gasteiger partial charge in [0.05, 0.1) is 5.92 Å². The zero-order chi connectivity index (χ0) is 17.4. The largest absolute Gasteiger partial charge is 0.481 e. The second-order valence-corrected chi connectivity index (χ2v) is 8.15. The molecule has 0 bridgehead atoms. The summed E-state index contributed by atoms with van der Waals surface area (Å²) in [6.07, 6.45) is 1.93. The molecule has 23 heavy (non-hydrogen) atoms. The first-order chi connectivity index (χ1) is 10.6. The molecule has 0 aromatic heterocycles. The van der Waals surface area contributed by atoms with Crippen molar-refractivity contribution in [3.05, 3.63) is 0 Å². The normalized spacial score (nSPS) is 28.3. The maximum absolute atomic E-state index is 12.8. The Bertz CT molecular complexity index is 497. The average Bonchev–Trinajstić information content (AvgIpc) is 3.01. The molecule has 0 aromatic rings. The summed E-state index contributed by atoms with van der Waals surface area (Å²) in [5.74, 6) is -1.45. The van der Waals surface area contributed by atoms with Crippen molar-refractivity contribution in [3.8, 4) is 0 Å². The van der Waals surface area contributed by atoms with Gasteiger partial charge in [-0.05, 0) is 24.2 Å². The molecule has 6 heteroatoms. The fraction of sp³-hybridized carbons (Fsp3) is 0.824. The predicted molar refractivity (Wildman–Crippen MR) is 85.7 cm³/mol. The summed E-state index contributed by atoms with van der Waals surface area (Å²) in [7, 11) is 0. The van der Waals surface area contributed by atoms with Gasteiger partial charge in [0, 0.05) is 26.1 Å². The number of carboxylic acids is 1. The van der Waals surface area contributed by atoms with Gasteiger partial charge in [-0.2, -0.15) is 0 Å². The number of rotatable bonds is 3. The maximum Gasteiger partial charge on any atom is 0.308 e. The van der Waals surface area contributed by atoms with Crippen molar-refractivity contribution in [1.29, 1.82) is 0 Å². The van der Waals surface area contributed by atoms with Gasteiger partial charge in [0.25, 0.3) is 0 Å². The molecule has 2 fully saturated rings. The topological polar surface area (TPSA) is 77.9 Å². The summed E-state index contributed by atoms with van der Waals surface area (Å²) >= 11 is 0. The van der Waals surface area contributed by atoms with Crippen LogP contribution in [0.3, 0.4) is 0 Å². The number of likely N-dealkylation sites (tertiary alicyclic amines) is 2. The van der Waals surface area contributed by atoms with Crippen molar-refractivity contribution in [2.45, 2.75) is 53.0 Å². The lowest BCUT2D eigenvalue weighted by Gasteiger charge is -2.30. The molecule has 6 nitrogen and oxygen atoms in total. The van der Waals surface area contributed by atoms with Gasteiger partial charge in [0.15, 0.2) is 0 Å². The summed E-state index contributed by atoms with van der Waals surface area (Å²) in [4.78, 5) is 39.8. The lowest BCUT2D eigenvalue weighted by Crippen LogP contribution is -2.48. The maximum atomic E-state index is 12.8. The lowest BCUT2D eigenvalue weighted by atomic mass is 9.91. The van der Waals surface area contributed by atoms with Crippen molar-refractivity contribution in [3.63, 3.8) is 0 Å². The highest BCUT2D eigenvalue weighted by atomic mass is 16.4. The van der Waals surface area contributed by atoms with Crippen LogP contribution in [0.15, 0.2) is 0 Å². The van der Waals surface area contributed by atoms with Gasteiger partial charge < -0.3 is 14.9 Å². The molecule has 0 radical (unpaired) electrons. The van der Waals surface area contributed by atoms with Crippen molar-refractivity contribution < 1.29 is 19.5 Å². The van der Waals surface area contributed by atoms with Gasteiger partial charge in [-0.3, -0.25) is 14.4 Å². The van der Waals surface area contributed by atoms with E-state index in [0.717, 1.165) is 6.42 Å². The number of carboxylic acid groups (broad SMARTS) is 1. The second-order valence-electron chi connectivity index (χ2n) is 8.15. The van der Waals surface area contributed by atoms with Crippen LogP contribution in [0, 0.1) is 17.3 Å². The van der Waals surface area contributed by atoms with Crippen molar-refractivity contribution in [2.75, 3.05) is 19.6 Å². The number of hydrogen-bond donors (Lipinski definition) is 1. The quantitative estimate of drug-likeness (QED) is 0.855. The number of carbonyl (C=O) groups is 3. The van der Waals surface area contributed by atoms with E-state index < -0.39 is 17.9 Å². The van der Waals surface area contributed by atoms with Crippen molar-refractivity contribution >= 4 is 17.8 Å². The minimum Gasteiger partial charge on any atom is -0.481 e. The molecule has 2 amide bonds. The minimum atomic E-state index is -0.847. The van der Waals surface area contributed by atoms with Gasteiger partial charge in [0.2, 0.25) is 11.8 Å². The smallest absolute Gasteiger partial charge is 0.308 e. The van der Waals surface area contributed by atoms with Crippen LogP contribution in [0.1, 0.15) is 47.0 Å². The standard InChI is InChI=1S/C17H28N2O4/c1-11-9-18(10-12(11)16(22)23)15(21)13-6-5-7-19(13)14(20)8-17(2,3)4/h11-13H,5-10H2,1-4H3,(H,22,23)/t11-,12-,13?/m1/s1. The molecule has 0 saturated carbocycles. The Hall–Kier alpha value is -1.59. The van der Waals surface area contributed by atoms with Crippen molar-refractivity contribution in [1.82, 2.24) is 9.80 Å². The van der Waals surface area contributed by atoms with Crippen molar-refractivity contribution in [2.24, 2.45) is 17.3 Å². The molecule has 2 saturated heterocycles. The summed E-state index contributed by atoms with van der Waals surface area (Å²) in [5.41, 5.74) is -0.107. The summed E-state index contributed by atoms with van der Waals surface area (Å²) in [6, 6.07) is -0.412. The molecule has 2 rings (SSSR count). The number of aliphatic carboxylic acids is 1. The number of carbonyl (C=O) groups excluding carboxylic acids is 2. The van der Waals surface area contributed by atoms with Gasteiger partial charge >= 0.3 is 5.97 Å². The molecule has 130 valence electrons. The molecular formula is C17H28N2O4. The Morgan fingerprint density at radius 1 is 1.17 bits per heavy atom. The molecule has 1 N–H and O–H groups in total. The van der Waals surface area contributed by atoms with E-state index in [9.17, 15) is 19.5 Å². The number of amides is 2. The summed E-state index contributed by atoms with van der Waals surface area (Å²) in [6.45, 7) is 9.24. The van der Waals surface area contributed by atoms with E-state index in [4.69, 9.17) is 0 Å². The molecule has 2 aliphatic rings. The second kappa shape index (κ2) is 6.49. The van der Waals surface area contributed by atoms with E-state index in [-0.39, 0.29) is 29.7 Å². The zero-order valence-corrected chi connectivity index (χ0v) is 14.5. The van der Waals surface area contributed by atoms with E-state index in [1.54, 1.807) is 9.80 Å². The summed E-state index contributed by atoms with van der Waals surface area (Å²) in [5, 5.41) is 9.21. The first-order valence-corrected chi connectivity index (χ1v) is 8.41. The first-order valence-electron chi connectivity index (χ1n) is 8.41. The van der Waals surface area contributed by atoms with Crippen LogP contribution >= 0.6 is 0 Å². The Morgan fingerprint density at radius 2 is 1.83 bits per heavy atom. The minimum absolute atomic E-state index is 0.0235. The van der Waals surface area contributed by atoms with Gasteiger partial charge in [0.1, 0.15) is 6.04 Å². The molecule has 0 spiro atoms. The van der Waals surface area contributed by atoms with Crippen LogP contribution in [0.4, 0.5) is 0 Å². The third-order valence-corrected chi connectivity index (χ3v) is 4.78. The van der Waals surface area contributed by atoms with E-state index >= 15 is 0 Å². The molecule has 2 heterocycles. The Labute approximate surface area is 137 Å². The number of hydrogen-bond acceptors (Lipinski definition) is 3. The highest BCUT2D eigenvalue weighted by Gasteiger charge is 2.42. The fourth-order valence-corrected chi connectivity index (χ4v) is 3.56. The lowest BCUT2D eigenvalue weighted by molar-refractivity contribution is -0.145. The van der Waals surface area contributed by atoms with Gasteiger partial charge in [-0.25, -0.2) is 0 Å². The third kappa shape index (κ3) is 4.03. The third-order valence-electron chi connectivity index (χ3n) is 4.78. The predicted octanol–water partition coefficient (Wildman–Crippen LogP) is 1.59. The number of nitrogens with zero attached hydrogens (tertiary/aromatic N) is 2. The summed E-state index contributed by atoms with van der Waals surface area (Å²) < 4.78 is 0. The van der Waals surface area contributed by atoms with Crippen LogP contribution < -0.4 is 0 Å². The Morgan fingerprint density at radius 3 is 2.35 bits per heavy atom. The molecule has 0 aromatic carbocycles. The SMILES string of the molecule is C[C@@H]1CN(C(=O)C2CCCN2C(=O)CC(C)(C)C)C[C@H]1C(=O)O. The van der Waals surface area contributed by atoms with E-state index in [1.807, 2.05) is 27.7 Å². The van der Waals surface area contributed by atoms with Crippen LogP contribution in [-0.2, 0) is 14.4 Å². The highest BCUT2D eigenvalue weighted by molar-refractivity contribution is 5.89. The average molecular weight is 324 g/mol. The highest BCUT2D eigenvalue weighted by Crippen LogP contribution is 2.29. The molecule has 3 atom stereocenters. The van der Waals surface area contributed by atoms with E-state index in [0.29, 0.717) is 25.9 Å². The Kier molecular flexibility index (Phi) is 5.01. The Balaban J connectivity index is 2.04. The van der Waals surface area contributed by atoms with E-state index in [1.165, 1.54) is 0 Å². The molecule has 2 aliphatic heterocycles. The van der Waals surface area contributed by atoms with Gasteiger partial charge in [-0.15, -0.1) is 0 Å². The molecular weight excluding hydrogens is 296 g/mol. The monoisotopic (exact) mass is 324 g/mol. The zero-order valence-electron chi connectivity index (χ0n) is 14.5. The van der Waals surface area contributed by atoms with Crippen LogP contribution in [0.5, 0.6) is 0 Å². The van der Waals surface area contributed by atoms with Gasteiger partial charge in [-0.1, -0.05) is 27.7 Å².